The lowest BCUT2D eigenvalue weighted by molar-refractivity contribution is 0.668. The van der Waals surface area contributed by atoms with Gasteiger partial charge in [-0.15, -0.1) is 0 Å². The van der Waals surface area contributed by atoms with Crippen molar-refractivity contribution in [2.24, 2.45) is 0 Å². The number of rotatable bonds is 4. The molecule has 0 spiro atoms. The van der Waals surface area contributed by atoms with Gasteiger partial charge in [-0.3, -0.25) is 0 Å². The summed E-state index contributed by atoms with van der Waals surface area (Å²) in [5, 5.41) is 6.89. The molecular weight excluding hydrogens is 645 g/mol. The molecular formula is C51H34O2. The van der Waals surface area contributed by atoms with Crippen LogP contribution in [0.15, 0.2) is 203 Å². The molecule has 0 amide bonds. The quantitative estimate of drug-likeness (QED) is 0.185. The number of benzene rings is 7. The number of hydrogen-bond donors (Lipinski definition) is 0. The normalized spacial score (nSPS) is 15.6. The fraction of sp³-hybridized carbons (Fsp3) is 0.0196. The van der Waals surface area contributed by atoms with E-state index in [1.165, 1.54) is 21.9 Å². The highest BCUT2D eigenvalue weighted by atomic mass is 16.3. The van der Waals surface area contributed by atoms with E-state index >= 15 is 0 Å². The highest BCUT2D eigenvalue weighted by Crippen LogP contribution is 2.36. The third-order valence-corrected chi connectivity index (χ3v) is 10.5. The SMILES string of the molecule is C=C1/C=C\C=C/C/C(c2ccccc2-c2ccc3oc4ccccc4c3c2)=c2/ccccc2=C1c1ccc(-c2ccc3oc4ccccc4c3c2)cc1. The summed E-state index contributed by atoms with van der Waals surface area (Å²) < 4.78 is 12.3. The average molecular weight is 679 g/mol. The third kappa shape index (κ3) is 5.35. The molecule has 10 rings (SSSR count). The third-order valence-electron chi connectivity index (χ3n) is 10.5. The predicted octanol–water partition coefficient (Wildman–Crippen LogP) is 12.3. The van der Waals surface area contributed by atoms with Crippen molar-refractivity contribution in [3.63, 3.8) is 0 Å². The minimum atomic E-state index is 0.777. The molecule has 0 radical (unpaired) electrons. The molecule has 53 heavy (non-hydrogen) atoms. The molecule has 0 aliphatic heterocycles. The zero-order chi connectivity index (χ0) is 35.3. The first kappa shape index (κ1) is 30.9. The van der Waals surface area contributed by atoms with E-state index in [9.17, 15) is 0 Å². The van der Waals surface area contributed by atoms with Gasteiger partial charge in [-0.1, -0.05) is 152 Å². The van der Waals surface area contributed by atoms with E-state index in [1.54, 1.807) is 0 Å². The van der Waals surface area contributed by atoms with Crippen LogP contribution >= 0.6 is 0 Å². The van der Waals surface area contributed by atoms with Crippen LogP contribution in [-0.4, -0.2) is 0 Å². The van der Waals surface area contributed by atoms with Gasteiger partial charge in [-0.2, -0.15) is 0 Å². The molecule has 0 saturated carbocycles. The summed E-state index contributed by atoms with van der Waals surface area (Å²) >= 11 is 0. The van der Waals surface area contributed by atoms with Crippen molar-refractivity contribution in [3.05, 3.63) is 216 Å². The Bertz CT molecular complexity index is 3090. The van der Waals surface area contributed by atoms with Crippen molar-refractivity contribution in [1.82, 2.24) is 0 Å². The van der Waals surface area contributed by atoms with Crippen molar-refractivity contribution in [2.45, 2.75) is 6.42 Å². The van der Waals surface area contributed by atoms with Gasteiger partial charge < -0.3 is 8.83 Å². The maximum atomic E-state index is 6.18. The van der Waals surface area contributed by atoms with Gasteiger partial charge in [0.2, 0.25) is 0 Å². The van der Waals surface area contributed by atoms with Gasteiger partial charge in [0.1, 0.15) is 22.3 Å². The van der Waals surface area contributed by atoms with Crippen LogP contribution in [0.4, 0.5) is 0 Å². The van der Waals surface area contributed by atoms with E-state index in [1.807, 2.05) is 24.3 Å². The number of furan rings is 2. The molecule has 9 aromatic rings. The molecule has 2 nitrogen and oxygen atoms in total. The summed E-state index contributed by atoms with van der Waals surface area (Å²) in [7, 11) is 0. The summed E-state index contributed by atoms with van der Waals surface area (Å²) in [6, 6.07) is 56.0. The van der Waals surface area contributed by atoms with Crippen LogP contribution in [0.5, 0.6) is 0 Å². The van der Waals surface area contributed by atoms with Crippen LogP contribution in [-0.2, 0) is 0 Å². The molecule has 2 heteroatoms. The minimum absolute atomic E-state index is 0.777. The molecule has 0 N–H and O–H groups in total. The van der Waals surface area contributed by atoms with Crippen molar-refractivity contribution in [1.29, 1.82) is 0 Å². The zero-order valence-corrected chi connectivity index (χ0v) is 29.1. The molecule has 2 aromatic heterocycles. The average Bonchev–Trinajstić information content (AvgIpc) is 3.78. The zero-order valence-electron chi connectivity index (χ0n) is 29.1. The highest BCUT2D eigenvalue weighted by molar-refractivity contribution is 6.07. The van der Waals surface area contributed by atoms with E-state index in [4.69, 9.17) is 8.83 Å². The standard InChI is InChI=1S/C51H34O2/c1-33-13-3-2-4-15-40(39-16-6-5-14-38(39)37-28-30-50-46(32-37)43-19-10-12-22-48(43)53-50)41-17-7-8-20-44(41)51(33)35-25-23-34(24-26-35)36-27-29-49-45(31-36)42-18-9-11-21-47(42)52-49/h2-14,16-32H,1,15H2/b4-2-,13-3-,41-40+,51-44?. The lowest BCUT2D eigenvalue weighted by Gasteiger charge is -2.16. The largest absolute Gasteiger partial charge is 0.456 e. The first-order valence-corrected chi connectivity index (χ1v) is 18.1. The molecule has 1 aliphatic carbocycles. The number of fused-ring (bicyclic) bond motifs is 7. The molecule has 0 unspecified atom stereocenters. The van der Waals surface area contributed by atoms with Gasteiger partial charge in [-0.25, -0.2) is 0 Å². The Balaban J connectivity index is 1.15. The van der Waals surface area contributed by atoms with E-state index in [-0.39, 0.29) is 0 Å². The Morgan fingerprint density at radius 1 is 0.415 bits per heavy atom. The van der Waals surface area contributed by atoms with Crippen LogP contribution in [0.1, 0.15) is 17.5 Å². The highest BCUT2D eigenvalue weighted by Gasteiger charge is 2.16. The van der Waals surface area contributed by atoms with Gasteiger partial charge in [-0.05, 0) is 103 Å². The smallest absolute Gasteiger partial charge is 0.135 e. The summed E-state index contributed by atoms with van der Waals surface area (Å²) in [6.45, 7) is 4.61. The van der Waals surface area contributed by atoms with Gasteiger partial charge >= 0.3 is 0 Å². The lowest BCUT2D eigenvalue weighted by Crippen LogP contribution is -2.30. The summed E-state index contributed by atoms with van der Waals surface area (Å²) in [4.78, 5) is 0. The molecule has 0 bridgehead atoms. The molecule has 0 atom stereocenters. The first-order chi connectivity index (χ1) is 26.2. The Kier molecular flexibility index (Phi) is 7.40. The van der Waals surface area contributed by atoms with Crippen molar-refractivity contribution in [3.8, 4) is 22.3 Å². The number of para-hydroxylation sites is 2. The Morgan fingerprint density at radius 3 is 1.66 bits per heavy atom. The molecule has 7 aromatic carbocycles. The van der Waals surface area contributed by atoms with Crippen molar-refractivity contribution < 1.29 is 8.83 Å². The fourth-order valence-corrected chi connectivity index (χ4v) is 7.99. The number of allylic oxidation sites excluding steroid dienone is 5. The minimum Gasteiger partial charge on any atom is -0.456 e. The van der Waals surface area contributed by atoms with E-state index < -0.39 is 0 Å². The van der Waals surface area contributed by atoms with Crippen LogP contribution in [0, 0.1) is 0 Å². The van der Waals surface area contributed by atoms with Gasteiger partial charge in [0, 0.05) is 21.5 Å². The molecule has 1 aliphatic rings. The topological polar surface area (TPSA) is 26.3 Å². The van der Waals surface area contributed by atoms with Gasteiger partial charge in [0.15, 0.2) is 0 Å². The maximum Gasteiger partial charge on any atom is 0.135 e. The monoisotopic (exact) mass is 678 g/mol. The Labute approximate surface area is 307 Å². The molecule has 0 fully saturated rings. The van der Waals surface area contributed by atoms with Gasteiger partial charge in [0.05, 0.1) is 0 Å². The molecule has 250 valence electrons. The van der Waals surface area contributed by atoms with Crippen molar-refractivity contribution in [2.75, 3.05) is 0 Å². The predicted molar refractivity (Wildman–Crippen MR) is 221 cm³/mol. The second-order valence-corrected chi connectivity index (χ2v) is 13.7. The fourth-order valence-electron chi connectivity index (χ4n) is 7.99. The van der Waals surface area contributed by atoms with Crippen molar-refractivity contribution >= 4 is 55.0 Å². The Hall–Kier alpha value is -6.90. The van der Waals surface area contributed by atoms with E-state index in [0.717, 1.165) is 88.9 Å². The van der Waals surface area contributed by atoms with Crippen LogP contribution in [0.3, 0.4) is 0 Å². The summed E-state index contributed by atoms with van der Waals surface area (Å²) in [6.07, 6.45) is 9.40. The maximum absolute atomic E-state index is 6.18. The van der Waals surface area contributed by atoms with Gasteiger partial charge in [0.25, 0.3) is 0 Å². The van der Waals surface area contributed by atoms with Crippen LogP contribution in [0.2, 0.25) is 0 Å². The molecule has 2 heterocycles. The Morgan fingerprint density at radius 2 is 0.943 bits per heavy atom. The first-order valence-electron chi connectivity index (χ1n) is 18.1. The summed E-state index contributed by atoms with van der Waals surface area (Å²) in [5.74, 6) is 0. The molecule has 0 saturated heterocycles. The van der Waals surface area contributed by atoms with Crippen LogP contribution in [0.25, 0.3) is 77.3 Å². The summed E-state index contributed by atoms with van der Waals surface area (Å²) in [5.41, 5.74) is 14.0. The number of hydrogen-bond acceptors (Lipinski definition) is 2. The van der Waals surface area contributed by atoms with E-state index in [0.29, 0.717) is 0 Å². The second-order valence-electron chi connectivity index (χ2n) is 13.7. The second kappa shape index (κ2) is 12.7. The van der Waals surface area contributed by atoms with E-state index in [2.05, 4.69) is 164 Å². The van der Waals surface area contributed by atoms with Crippen LogP contribution < -0.4 is 10.4 Å². The lowest BCUT2D eigenvalue weighted by atomic mass is 9.88.